The number of rotatable bonds is 35. The first-order chi connectivity index (χ1) is 21.6. The molecule has 0 atom stereocenters. The van der Waals surface area contributed by atoms with Crippen LogP contribution in [0, 0.1) is 11.8 Å². The molecule has 262 valence electrons. The van der Waals surface area contributed by atoms with Crippen LogP contribution >= 0.6 is 0 Å². The predicted molar refractivity (Wildman–Crippen MR) is 188 cm³/mol. The average Bonchev–Trinajstić information content (AvgIpc) is 3.03. The van der Waals surface area contributed by atoms with Crippen LogP contribution in [0.25, 0.3) is 0 Å². The number of esters is 2. The number of hydrogen-bond donors (Lipinski definition) is 2. The Morgan fingerprint density at radius 1 is 0.432 bits per heavy atom. The Morgan fingerprint density at radius 3 is 1.23 bits per heavy atom. The van der Waals surface area contributed by atoms with Crippen molar-refractivity contribution in [2.75, 3.05) is 39.4 Å². The molecular formula is C38H76N2O4. The van der Waals surface area contributed by atoms with E-state index in [-0.39, 0.29) is 11.9 Å². The zero-order chi connectivity index (χ0) is 32.4. The summed E-state index contributed by atoms with van der Waals surface area (Å²) < 4.78 is 10.9. The van der Waals surface area contributed by atoms with Gasteiger partial charge in [-0.05, 0) is 82.8 Å². The third-order valence-corrected chi connectivity index (χ3v) is 8.85. The predicted octanol–water partition coefficient (Wildman–Crippen LogP) is 9.93. The molecule has 0 aliphatic rings. The van der Waals surface area contributed by atoms with Gasteiger partial charge in [-0.2, -0.15) is 0 Å². The van der Waals surface area contributed by atoms with Crippen molar-refractivity contribution in [1.82, 2.24) is 10.6 Å². The van der Waals surface area contributed by atoms with E-state index in [1.807, 2.05) is 0 Å². The van der Waals surface area contributed by atoms with Crippen molar-refractivity contribution in [3.8, 4) is 0 Å². The van der Waals surface area contributed by atoms with E-state index in [1.54, 1.807) is 0 Å². The van der Waals surface area contributed by atoms with Crippen LogP contribution in [0.15, 0.2) is 0 Å². The van der Waals surface area contributed by atoms with Crippen molar-refractivity contribution in [2.24, 2.45) is 11.8 Å². The zero-order valence-electron chi connectivity index (χ0n) is 30.0. The summed E-state index contributed by atoms with van der Waals surface area (Å²) in [5.74, 6) is 1.52. The molecule has 0 saturated heterocycles. The van der Waals surface area contributed by atoms with Gasteiger partial charge in [-0.25, -0.2) is 0 Å². The van der Waals surface area contributed by atoms with Gasteiger partial charge in [0.1, 0.15) is 0 Å². The maximum atomic E-state index is 12.0. The van der Waals surface area contributed by atoms with Gasteiger partial charge in [-0.1, -0.05) is 118 Å². The molecule has 0 amide bonds. The molecule has 6 nitrogen and oxygen atoms in total. The molecule has 0 aromatic carbocycles. The molecule has 0 rings (SSSR count). The SMILES string of the molecule is CCCCC(CCCC)CCCOC(=O)CCCCCNCCCCCNCCC(=O)OCCCC(CCCC)CCCC. The van der Waals surface area contributed by atoms with E-state index in [2.05, 4.69) is 38.3 Å². The van der Waals surface area contributed by atoms with Crippen LogP contribution in [0.2, 0.25) is 0 Å². The van der Waals surface area contributed by atoms with E-state index in [0.29, 0.717) is 32.6 Å². The summed E-state index contributed by atoms with van der Waals surface area (Å²) in [7, 11) is 0. The Balaban J connectivity index is 3.48. The Hall–Kier alpha value is -1.14. The molecule has 44 heavy (non-hydrogen) atoms. The van der Waals surface area contributed by atoms with Crippen LogP contribution in [0.5, 0.6) is 0 Å². The lowest BCUT2D eigenvalue weighted by molar-refractivity contribution is -0.144. The van der Waals surface area contributed by atoms with Crippen LogP contribution in [0.4, 0.5) is 0 Å². The average molecular weight is 625 g/mol. The number of unbranched alkanes of at least 4 members (excludes halogenated alkanes) is 8. The summed E-state index contributed by atoms with van der Waals surface area (Å²) in [5.41, 5.74) is 0. The molecule has 0 spiro atoms. The lowest BCUT2D eigenvalue weighted by Gasteiger charge is -2.16. The number of carbonyl (C=O) groups is 2. The van der Waals surface area contributed by atoms with E-state index in [4.69, 9.17) is 9.47 Å². The fraction of sp³-hybridized carbons (Fsp3) is 0.947. The molecule has 0 radical (unpaired) electrons. The summed E-state index contributed by atoms with van der Waals surface area (Å²) >= 11 is 0. The van der Waals surface area contributed by atoms with Crippen LogP contribution < -0.4 is 10.6 Å². The molecule has 0 aromatic rings. The first-order valence-electron chi connectivity index (χ1n) is 19.3. The summed E-state index contributed by atoms with van der Waals surface area (Å²) in [6.07, 6.45) is 27.7. The Labute approximate surface area is 274 Å². The van der Waals surface area contributed by atoms with E-state index in [0.717, 1.165) is 70.0 Å². The summed E-state index contributed by atoms with van der Waals surface area (Å²) in [5, 5.41) is 6.91. The smallest absolute Gasteiger partial charge is 0.307 e. The lowest BCUT2D eigenvalue weighted by atomic mass is 9.92. The molecule has 0 fully saturated rings. The second-order valence-electron chi connectivity index (χ2n) is 13.1. The summed E-state index contributed by atoms with van der Waals surface area (Å²) in [6.45, 7) is 13.9. The highest BCUT2D eigenvalue weighted by Crippen LogP contribution is 2.22. The quantitative estimate of drug-likeness (QED) is 0.0540. The maximum absolute atomic E-state index is 12.0. The largest absolute Gasteiger partial charge is 0.466 e. The molecule has 0 bridgehead atoms. The van der Waals surface area contributed by atoms with Crippen molar-refractivity contribution in [3.05, 3.63) is 0 Å². The minimum atomic E-state index is -0.0683. The van der Waals surface area contributed by atoms with Crippen molar-refractivity contribution in [3.63, 3.8) is 0 Å². The Bertz CT molecular complexity index is 548. The van der Waals surface area contributed by atoms with Gasteiger partial charge in [0.25, 0.3) is 0 Å². The van der Waals surface area contributed by atoms with Crippen molar-refractivity contribution >= 4 is 11.9 Å². The number of ether oxygens (including phenoxy) is 2. The number of hydrogen-bond acceptors (Lipinski definition) is 6. The van der Waals surface area contributed by atoms with Gasteiger partial charge in [-0.15, -0.1) is 0 Å². The molecular weight excluding hydrogens is 548 g/mol. The second kappa shape index (κ2) is 34.7. The number of carbonyl (C=O) groups excluding carboxylic acids is 2. The fourth-order valence-electron chi connectivity index (χ4n) is 5.91. The minimum Gasteiger partial charge on any atom is -0.466 e. The monoisotopic (exact) mass is 625 g/mol. The van der Waals surface area contributed by atoms with Gasteiger partial charge in [0.15, 0.2) is 0 Å². The topological polar surface area (TPSA) is 76.7 Å². The standard InChI is InChI=1S/C38H76N2O4/c1-5-9-21-35(22-10-6-2)25-19-33-43-37(41)27-15-13-16-29-39-30-17-14-18-31-40-32-28-38(42)44-34-20-26-36(23-11-7-3)24-12-8-4/h35-36,39-40H,5-34H2,1-4H3. The second-order valence-corrected chi connectivity index (χ2v) is 13.1. The zero-order valence-corrected chi connectivity index (χ0v) is 30.0. The third-order valence-electron chi connectivity index (χ3n) is 8.85. The molecule has 0 aromatic heterocycles. The van der Waals surface area contributed by atoms with Crippen LogP contribution in [-0.2, 0) is 19.1 Å². The van der Waals surface area contributed by atoms with Crippen molar-refractivity contribution in [1.29, 1.82) is 0 Å². The summed E-state index contributed by atoms with van der Waals surface area (Å²) in [4.78, 5) is 24.0. The van der Waals surface area contributed by atoms with Crippen LogP contribution in [-0.4, -0.2) is 51.3 Å². The van der Waals surface area contributed by atoms with Gasteiger partial charge in [-0.3, -0.25) is 9.59 Å². The molecule has 0 aliphatic heterocycles. The van der Waals surface area contributed by atoms with Crippen molar-refractivity contribution < 1.29 is 19.1 Å². The Kier molecular flexibility index (Phi) is 33.8. The third kappa shape index (κ3) is 30.9. The number of nitrogens with one attached hydrogen (secondary N) is 2. The highest BCUT2D eigenvalue weighted by molar-refractivity contribution is 5.69. The van der Waals surface area contributed by atoms with E-state index >= 15 is 0 Å². The normalized spacial score (nSPS) is 11.5. The Morgan fingerprint density at radius 2 is 0.795 bits per heavy atom. The first-order valence-corrected chi connectivity index (χ1v) is 19.3. The molecule has 0 heterocycles. The molecule has 0 aliphatic carbocycles. The molecule has 6 heteroatoms. The molecule has 2 N–H and O–H groups in total. The van der Waals surface area contributed by atoms with Crippen molar-refractivity contribution in [2.45, 2.75) is 182 Å². The van der Waals surface area contributed by atoms with Gasteiger partial charge < -0.3 is 20.1 Å². The minimum absolute atomic E-state index is 0.0221. The molecule has 0 saturated carbocycles. The van der Waals surface area contributed by atoms with Gasteiger partial charge in [0.05, 0.1) is 19.6 Å². The van der Waals surface area contributed by atoms with Gasteiger partial charge in [0, 0.05) is 13.0 Å². The highest BCUT2D eigenvalue weighted by Gasteiger charge is 2.10. The van der Waals surface area contributed by atoms with Gasteiger partial charge >= 0.3 is 11.9 Å². The fourth-order valence-corrected chi connectivity index (χ4v) is 5.91. The highest BCUT2D eigenvalue weighted by atomic mass is 16.5. The van der Waals surface area contributed by atoms with E-state index < -0.39 is 0 Å². The van der Waals surface area contributed by atoms with Gasteiger partial charge in [0.2, 0.25) is 0 Å². The van der Waals surface area contributed by atoms with Crippen LogP contribution in [0.3, 0.4) is 0 Å². The first kappa shape index (κ1) is 42.9. The molecule has 0 unspecified atom stereocenters. The lowest BCUT2D eigenvalue weighted by Crippen LogP contribution is -2.21. The summed E-state index contributed by atoms with van der Waals surface area (Å²) in [6, 6.07) is 0. The maximum Gasteiger partial charge on any atom is 0.307 e. The van der Waals surface area contributed by atoms with Crippen LogP contribution in [0.1, 0.15) is 182 Å². The van der Waals surface area contributed by atoms with E-state index in [1.165, 1.54) is 103 Å². The van der Waals surface area contributed by atoms with E-state index in [9.17, 15) is 9.59 Å².